The van der Waals surface area contributed by atoms with Gasteiger partial charge < -0.3 is 0 Å². The number of rotatable bonds is 3. The van der Waals surface area contributed by atoms with Crippen molar-refractivity contribution >= 4 is 12.4 Å². The molecular formula is C8H13ClN2. The van der Waals surface area contributed by atoms with Crippen LogP contribution < -0.4 is 10.9 Å². The summed E-state index contributed by atoms with van der Waals surface area (Å²) < 4.78 is 0. The molecule has 1 aromatic rings. The van der Waals surface area contributed by atoms with Gasteiger partial charge in [-0.3, -0.25) is 10.9 Å². The summed E-state index contributed by atoms with van der Waals surface area (Å²) in [5.74, 6) is 0. The van der Waals surface area contributed by atoms with Gasteiger partial charge in [-0.25, -0.2) is 0 Å². The third-order valence-corrected chi connectivity index (χ3v) is 1.31. The monoisotopic (exact) mass is 172 g/mol. The fourth-order valence-corrected chi connectivity index (χ4v) is 0.786. The van der Waals surface area contributed by atoms with Crippen LogP contribution in [0.25, 0.3) is 0 Å². The largest absolute Gasteiger partial charge is 0.261 e. The number of nitrogens with one attached hydrogen (secondary N) is 2. The Balaban J connectivity index is 0.000001000. The molecule has 0 amide bonds. The molecular weight excluding hydrogens is 160 g/mol. The van der Waals surface area contributed by atoms with E-state index in [-0.39, 0.29) is 12.4 Å². The number of halogens is 1. The quantitative estimate of drug-likeness (QED) is 0.673. The second-order valence-corrected chi connectivity index (χ2v) is 2.09. The number of hydrogen-bond acceptors (Lipinski definition) is 2. The van der Waals surface area contributed by atoms with Crippen LogP contribution in [0.2, 0.25) is 0 Å². The van der Waals surface area contributed by atoms with Gasteiger partial charge in [-0.2, -0.15) is 0 Å². The van der Waals surface area contributed by atoms with Crippen molar-refractivity contribution in [3.05, 3.63) is 35.9 Å². The molecule has 3 heteroatoms. The van der Waals surface area contributed by atoms with E-state index in [4.69, 9.17) is 0 Å². The van der Waals surface area contributed by atoms with E-state index in [1.165, 1.54) is 5.56 Å². The van der Waals surface area contributed by atoms with E-state index in [2.05, 4.69) is 23.0 Å². The zero-order chi connectivity index (χ0) is 7.23. The van der Waals surface area contributed by atoms with Crippen LogP contribution in [0.1, 0.15) is 5.56 Å². The summed E-state index contributed by atoms with van der Waals surface area (Å²) in [4.78, 5) is 0. The minimum absolute atomic E-state index is 0. The summed E-state index contributed by atoms with van der Waals surface area (Å²) in [5, 5.41) is 0. The lowest BCUT2D eigenvalue weighted by Gasteiger charge is -2.00. The molecule has 0 bridgehead atoms. The van der Waals surface area contributed by atoms with Gasteiger partial charge in [0.15, 0.2) is 0 Å². The van der Waals surface area contributed by atoms with Gasteiger partial charge in [0.05, 0.1) is 0 Å². The van der Waals surface area contributed by atoms with Gasteiger partial charge in [0.2, 0.25) is 0 Å². The summed E-state index contributed by atoms with van der Waals surface area (Å²) >= 11 is 0. The zero-order valence-electron chi connectivity index (χ0n) is 6.50. The van der Waals surface area contributed by atoms with Gasteiger partial charge in [0.1, 0.15) is 0 Å². The predicted molar refractivity (Wildman–Crippen MR) is 49.6 cm³/mol. The van der Waals surface area contributed by atoms with Crippen molar-refractivity contribution in [2.45, 2.75) is 6.54 Å². The van der Waals surface area contributed by atoms with Gasteiger partial charge in [-0.05, 0) is 12.6 Å². The van der Waals surface area contributed by atoms with Crippen molar-refractivity contribution in [1.29, 1.82) is 0 Å². The number of hydrazine groups is 1. The first-order chi connectivity index (χ1) is 4.93. The standard InChI is InChI=1S/C8H12N2.ClH/c1-9-10-7-8-5-3-2-4-6-8;/h2-6,9-10H,7H2,1H3;1H. The highest BCUT2D eigenvalue weighted by atomic mass is 35.5. The lowest BCUT2D eigenvalue weighted by molar-refractivity contribution is 0.596. The van der Waals surface area contributed by atoms with Crippen LogP contribution >= 0.6 is 12.4 Å². The van der Waals surface area contributed by atoms with E-state index in [1.54, 1.807) is 0 Å². The van der Waals surface area contributed by atoms with Crippen molar-refractivity contribution < 1.29 is 0 Å². The summed E-state index contributed by atoms with van der Waals surface area (Å²) in [6.45, 7) is 0.872. The second kappa shape index (κ2) is 6.16. The Bertz CT molecular complexity index is 177. The molecule has 0 radical (unpaired) electrons. The molecule has 0 fully saturated rings. The Hall–Kier alpha value is -0.570. The Morgan fingerprint density at radius 2 is 1.82 bits per heavy atom. The third-order valence-electron chi connectivity index (χ3n) is 1.31. The minimum atomic E-state index is 0. The normalized spacial score (nSPS) is 8.82. The van der Waals surface area contributed by atoms with Crippen molar-refractivity contribution in [3.8, 4) is 0 Å². The van der Waals surface area contributed by atoms with Gasteiger partial charge in [-0.15, -0.1) is 12.4 Å². The molecule has 0 unspecified atom stereocenters. The van der Waals surface area contributed by atoms with Crippen molar-refractivity contribution in [3.63, 3.8) is 0 Å². The van der Waals surface area contributed by atoms with E-state index < -0.39 is 0 Å². The lowest BCUT2D eigenvalue weighted by Crippen LogP contribution is -2.26. The van der Waals surface area contributed by atoms with Crippen molar-refractivity contribution in [1.82, 2.24) is 10.9 Å². The van der Waals surface area contributed by atoms with E-state index in [9.17, 15) is 0 Å². The molecule has 0 atom stereocenters. The SMILES string of the molecule is CNNCc1ccccc1.Cl. The highest BCUT2D eigenvalue weighted by Crippen LogP contribution is 1.95. The molecule has 1 rings (SSSR count). The molecule has 11 heavy (non-hydrogen) atoms. The first kappa shape index (κ1) is 10.4. The zero-order valence-corrected chi connectivity index (χ0v) is 7.32. The van der Waals surface area contributed by atoms with Crippen molar-refractivity contribution in [2.24, 2.45) is 0 Å². The highest BCUT2D eigenvalue weighted by Gasteiger charge is 1.85. The maximum absolute atomic E-state index is 3.01. The molecule has 0 saturated carbocycles. The molecule has 0 aliphatic carbocycles. The summed E-state index contributed by atoms with van der Waals surface area (Å²) in [5.41, 5.74) is 7.17. The fourth-order valence-electron chi connectivity index (χ4n) is 0.786. The van der Waals surface area contributed by atoms with E-state index >= 15 is 0 Å². The van der Waals surface area contributed by atoms with Crippen LogP contribution in [0.3, 0.4) is 0 Å². The maximum atomic E-state index is 3.01. The Morgan fingerprint density at radius 3 is 2.36 bits per heavy atom. The van der Waals surface area contributed by atoms with Gasteiger partial charge >= 0.3 is 0 Å². The molecule has 1 aromatic carbocycles. The molecule has 0 aliphatic heterocycles. The van der Waals surface area contributed by atoms with Crippen LogP contribution in [0.15, 0.2) is 30.3 Å². The molecule has 0 aromatic heterocycles. The van der Waals surface area contributed by atoms with E-state index in [0.29, 0.717) is 0 Å². The molecule has 0 heterocycles. The molecule has 0 aliphatic rings. The van der Waals surface area contributed by atoms with Gasteiger partial charge in [0, 0.05) is 6.54 Å². The topological polar surface area (TPSA) is 24.1 Å². The average Bonchev–Trinajstić information content (AvgIpc) is 2.03. The minimum Gasteiger partial charge on any atom is -0.261 e. The van der Waals surface area contributed by atoms with Gasteiger partial charge in [-0.1, -0.05) is 30.3 Å². The van der Waals surface area contributed by atoms with E-state index in [1.807, 2.05) is 25.2 Å². The first-order valence-corrected chi connectivity index (χ1v) is 3.37. The second-order valence-electron chi connectivity index (χ2n) is 2.09. The van der Waals surface area contributed by atoms with Crippen LogP contribution in [-0.4, -0.2) is 7.05 Å². The highest BCUT2D eigenvalue weighted by molar-refractivity contribution is 5.85. The van der Waals surface area contributed by atoms with E-state index in [0.717, 1.165) is 6.54 Å². The summed E-state index contributed by atoms with van der Waals surface area (Å²) in [7, 11) is 1.86. The Labute approximate surface area is 73.4 Å². The molecule has 62 valence electrons. The summed E-state index contributed by atoms with van der Waals surface area (Å²) in [6, 6.07) is 10.3. The maximum Gasteiger partial charge on any atom is 0.0350 e. The van der Waals surface area contributed by atoms with Crippen LogP contribution in [-0.2, 0) is 6.54 Å². The molecule has 0 saturated heterocycles. The lowest BCUT2D eigenvalue weighted by atomic mass is 10.2. The van der Waals surface area contributed by atoms with Crippen molar-refractivity contribution in [2.75, 3.05) is 7.05 Å². The number of benzene rings is 1. The molecule has 0 spiro atoms. The fraction of sp³-hybridized carbons (Fsp3) is 0.250. The molecule has 2 N–H and O–H groups in total. The Morgan fingerprint density at radius 1 is 1.18 bits per heavy atom. The first-order valence-electron chi connectivity index (χ1n) is 3.37. The Kier molecular flexibility index (Phi) is 5.84. The van der Waals surface area contributed by atoms with Crippen LogP contribution in [0.4, 0.5) is 0 Å². The van der Waals surface area contributed by atoms with Crippen LogP contribution in [0.5, 0.6) is 0 Å². The number of hydrogen-bond donors (Lipinski definition) is 2. The van der Waals surface area contributed by atoms with Crippen LogP contribution in [0, 0.1) is 0 Å². The predicted octanol–water partition coefficient (Wildman–Crippen LogP) is 1.33. The summed E-state index contributed by atoms with van der Waals surface area (Å²) in [6.07, 6.45) is 0. The van der Waals surface area contributed by atoms with Gasteiger partial charge in [0.25, 0.3) is 0 Å². The average molecular weight is 173 g/mol. The third kappa shape index (κ3) is 3.98. The molecule has 2 nitrogen and oxygen atoms in total. The smallest absolute Gasteiger partial charge is 0.0350 e.